The summed E-state index contributed by atoms with van der Waals surface area (Å²) < 4.78 is 0. The molecule has 0 saturated carbocycles. The number of aryl methyl sites for hydroxylation is 1. The van der Waals surface area contributed by atoms with Gasteiger partial charge in [0.25, 0.3) is 0 Å². The molecule has 4 nitrogen and oxygen atoms in total. The molecule has 0 fully saturated rings. The van der Waals surface area contributed by atoms with Crippen LogP contribution in [0.3, 0.4) is 0 Å². The molecule has 2 atom stereocenters. The van der Waals surface area contributed by atoms with E-state index in [0.717, 1.165) is 24.9 Å². The van der Waals surface area contributed by atoms with E-state index in [1.807, 2.05) is 19.9 Å². The average Bonchev–Trinajstić information content (AvgIpc) is 2.54. The van der Waals surface area contributed by atoms with Crippen LogP contribution in [0.15, 0.2) is 24.3 Å². The van der Waals surface area contributed by atoms with E-state index in [1.54, 1.807) is 6.92 Å². The molecular weight excluding hydrogens is 286 g/mol. The largest absolute Gasteiger partial charge is 0.359 e. The zero-order valence-electron chi connectivity index (χ0n) is 14.6. The third-order valence-corrected chi connectivity index (χ3v) is 5.06. The minimum atomic E-state index is -0.825. The summed E-state index contributed by atoms with van der Waals surface area (Å²) in [7, 11) is 0. The summed E-state index contributed by atoms with van der Waals surface area (Å²) >= 11 is 0. The van der Waals surface area contributed by atoms with Gasteiger partial charge in [-0.25, -0.2) is 0 Å². The Morgan fingerprint density at radius 2 is 2.17 bits per heavy atom. The third-order valence-electron chi connectivity index (χ3n) is 5.06. The molecule has 23 heavy (non-hydrogen) atoms. The molecule has 0 spiro atoms. The highest BCUT2D eigenvalue weighted by Gasteiger charge is 2.32. The Bertz CT molecular complexity index is 605. The molecule has 0 aliphatic carbocycles. The van der Waals surface area contributed by atoms with Crippen LogP contribution in [0.4, 0.5) is 5.69 Å². The number of anilines is 1. The quantitative estimate of drug-likeness (QED) is 0.907. The second-order valence-electron chi connectivity index (χ2n) is 6.87. The lowest BCUT2D eigenvalue weighted by Gasteiger charge is -2.39. The van der Waals surface area contributed by atoms with Crippen LogP contribution in [0, 0.1) is 17.2 Å². The molecule has 124 valence electrons. The van der Waals surface area contributed by atoms with E-state index in [-0.39, 0.29) is 11.8 Å². The first kappa shape index (κ1) is 17.3. The van der Waals surface area contributed by atoms with Crippen molar-refractivity contribution in [3.05, 3.63) is 29.8 Å². The first-order chi connectivity index (χ1) is 10.9. The Labute approximate surface area is 139 Å². The lowest BCUT2D eigenvalue weighted by molar-refractivity contribution is -0.121. The van der Waals surface area contributed by atoms with E-state index in [4.69, 9.17) is 0 Å². The zero-order valence-corrected chi connectivity index (χ0v) is 14.6. The SMILES string of the molecule is CC[C@H]1CCc2ccccc2N1CC(=O)N[C@@](C)(C#N)C(C)C. The zero-order chi connectivity index (χ0) is 17.0. The van der Waals surface area contributed by atoms with Crippen molar-refractivity contribution in [3.63, 3.8) is 0 Å². The first-order valence-corrected chi connectivity index (χ1v) is 8.48. The summed E-state index contributed by atoms with van der Waals surface area (Å²) in [6.07, 6.45) is 3.15. The number of fused-ring (bicyclic) bond motifs is 1. The molecule has 4 heteroatoms. The molecule has 0 aromatic heterocycles. The molecule has 1 amide bonds. The van der Waals surface area contributed by atoms with Crippen molar-refractivity contribution in [1.82, 2.24) is 5.32 Å². The minimum Gasteiger partial charge on any atom is -0.359 e. The van der Waals surface area contributed by atoms with Crippen LogP contribution >= 0.6 is 0 Å². The monoisotopic (exact) mass is 313 g/mol. The molecule has 1 aliphatic rings. The van der Waals surface area contributed by atoms with Gasteiger partial charge in [-0.05, 0) is 43.7 Å². The number of amides is 1. The summed E-state index contributed by atoms with van der Waals surface area (Å²) in [5.41, 5.74) is 1.63. The van der Waals surface area contributed by atoms with Gasteiger partial charge in [-0.15, -0.1) is 0 Å². The highest BCUT2D eigenvalue weighted by atomic mass is 16.2. The molecule has 1 N–H and O–H groups in total. The van der Waals surface area contributed by atoms with Crippen molar-refractivity contribution >= 4 is 11.6 Å². The van der Waals surface area contributed by atoms with E-state index < -0.39 is 5.54 Å². The van der Waals surface area contributed by atoms with Crippen molar-refractivity contribution in [2.75, 3.05) is 11.4 Å². The number of carbonyl (C=O) groups is 1. The normalized spacial score (nSPS) is 19.7. The molecular formula is C19H27N3O. The molecule has 0 saturated heterocycles. The second-order valence-corrected chi connectivity index (χ2v) is 6.87. The predicted octanol–water partition coefficient (Wildman–Crippen LogP) is 3.27. The van der Waals surface area contributed by atoms with E-state index >= 15 is 0 Å². The van der Waals surface area contributed by atoms with Crippen LogP contribution in [0.5, 0.6) is 0 Å². The Kier molecular flexibility index (Phi) is 5.30. The maximum atomic E-state index is 12.6. The van der Waals surface area contributed by atoms with Gasteiger partial charge in [0.1, 0.15) is 5.54 Å². The molecule has 1 aromatic rings. The van der Waals surface area contributed by atoms with Gasteiger partial charge < -0.3 is 10.2 Å². The van der Waals surface area contributed by atoms with Crippen molar-refractivity contribution < 1.29 is 4.79 Å². The minimum absolute atomic E-state index is 0.0621. The summed E-state index contributed by atoms with van der Waals surface area (Å²) in [4.78, 5) is 14.8. The van der Waals surface area contributed by atoms with Crippen LogP contribution in [0.1, 0.15) is 46.1 Å². The van der Waals surface area contributed by atoms with E-state index in [1.165, 1.54) is 5.56 Å². The topological polar surface area (TPSA) is 56.1 Å². The molecule has 0 unspecified atom stereocenters. The summed E-state index contributed by atoms with van der Waals surface area (Å²) in [5.74, 6) is -0.0232. The van der Waals surface area contributed by atoms with Crippen molar-refractivity contribution in [1.29, 1.82) is 5.26 Å². The van der Waals surface area contributed by atoms with Gasteiger partial charge in [-0.3, -0.25) is 4.79 Å². The Morgan fingerprint density at radius 3 is 2.78 bits per heavy atom. The lowest BCUT2D eigenvalue weighted by Crippen LogP contribution is -2.53. The summed E-state index contributed by atoms with van der Waals surface area (Å²) in [5, 5.41) is 12.3. The average molecular weight is 313 g/mol. The van der Waals surface area contributed by atoms with Crippen LogP contribution in [-0.2, 0) is 11.2 Å². The Morgan fingerprint density at radius 1 is 1.48 bits per heavy atom. The Balaban J connectivity index is 2.17. The van der Waals surface area contributed by atoms with E-state index in [2.05, 4.69) is 41.4 Å². The maximum Gasteiger partial charge on any atom is 0.240 e. The van der Waals surface area contributed by atoms with Crippen LogP contribution in [-0.4, -0.2) is 24.0 Å². The van der Waals surface area contributed by atoms with E-state index in [9.17, 15) is 10.1 Å². The summed E-state index contributed by atoms with van der Waals surface area (Å²) in [6.45, 7) is 8.16. The van der Waals surface area contributed by atoms with Crippen molar-refractivity contribution in [2.24, 2.45) is 5.92 Å². The highest BCUT2D eigenvalue weighted by molar-refractivity contribution is 5.83. The number of nitriles is 1. The van der Waals surface area contributed by atoms with Gasteiger partial charge in [-0.1, -0.05) is 39.0 Å². The fourth-order valence-electron chi connectivity index (χ4n) is 3.10. The van der Waals surface area contributed by atoms with Gasteiger partial charge in [0.15, 0.2) is 0 Å². The van der Waals surface area contributed by atoms with Gasteiger partial charge in [0, 0.05) is 11.7 Å². The number of nitrogens with one attached hydrogen (secondary N) is 1. The molecule has 0 radical (unpaired) electrons. The fourth-order valence-corrected chi connectivity index (χ4v) is 3.10. The molecule has 1 heterocycles. The number of rotatable bonds is 5. The molecule has 0 bridgehead atoms. The Hall–Kier alpha value is -2.02. The predicted molar refractivity (Wildman–Crippen MR) is 93.2 cm³/mol. The standard InChI is InChI=1S/C19H27N3O/c1-5-16-11-10-15-8-6-7-9-17(15)22(16)12-18(23)21-19(4,13-20)14(2)3/h6-9,14,16H,5,10-12H2,1-4H3,(H,21,23)/t16-,19-/m0/s1. The van der Waals surface area contributed by atoms with Crippen LogP contribution < -0.4 is 10.2 Å². The fraction of sp³-hybridized carbons (Fsp3) is 0.579. The maximum absolute atomic E-state index is 12.6. The van der Waals surface area contributed by atoms with Gasteiger partial charge >= 0.3 is 0 Å². The number of hydrogen-bond donors (Lipinski definition) is 1. The molecule has 1 aliphatic heterocycles. The smallest absolute Gasteiger partial charge is 0.240 e. The number of nitrogens with zero attached hydrogens (tertiary/aromatic N) is 2. The number of hydrogen-bond acceptors (Lipinski definition) is 3. The van der Waals surface area contributed by atoms with Gasteiger partial charge in [0.2, 0.25) is 5.91 Å². The van der Waals surface area contributed by atoms with Crippen LogP contribution in [0.2, 0.25) is 0 Å². The summed E-state index contributed by atoms with van der Waals surface area (Å²) in [6, 6.07) is 10.9. The lowest BCUT2D eigenvalue weighted by atomic mass is 9.90. The third kappa shape index (κ3) is 3.67. The number of benzene rings is 1. The highest BCUT2D eigenvalue weighted by Crippen LogP contribution is 2.31. The number of carbonyl (C=O) groups excluding carboxylic acids is 1. The number of para-hydroxylation sites is 1. The van der Waals surface area contributed by atoms with Gasteiger partial charge in [0.05, 0.1) is 12.6 Å². The molecule has 2 rings (SSSR count). The van der Waals surface area contributed by atoms with Crippen molar-refractivity contribution in [3.8, 4) is 6.07 Å². The first-order valence-electron chi connectivity index (χ1n) is 8.48. The van der Waals surface area contributed by atoms with Crippen molar-refractivity contribution in [2.45, 2.75) is 58.5 Å². The van der Waals surface area contributed by atoms with Gasteiger partial charge in [-0.2, -0.15) is 5.26 Å². The van der Waals surface area contributed by atoms with E-state index in [0.29, 0.717) is 12.6 Å². The second kappa shape index (κ2) is 7.04. The van der Waals surface area contributed by atoms with Crippen LogP contribution in [0.25, 0.3) is 0 Å². The molecule has 1 aromatic carbocycles.